The Morgan fingerprint density at radius 2 is 1.86 bits per heavy atom. The summed E-state index contributed by atoms with van der Waals surface area (Å²) in [5, 5.41) is 2.83. The van der Waals surface area contributed by atoms with E-state index in [1.807, 2.05) is 24.3 Å². The second kappa shape index (κ2) is 7.20. The summed E-state index contributed by atoms with van der Waals surface area (Å²) in [6.45, 7) is 3.70. The number of benzene rings is 2. The largest absolute Gasteiger partial charge is 0.322 e. The molecule has 2 nitrogen and oxygen atoms in total. The summed E-state index contributed by atoms with van der Waals surface area (Å²) in [6, 6.07) is 13.5. The van der Waals surface area contributed by atoms with Crippen LogP contribution in [-0.4, -0.2) is 5.91 Å². The molecular weight excluding hydrogens is 265 g/mol. The fourth-order valence-electron chi connectivity index (χ4n) is 1.90. The highest BCUT2D eigenvalue weighted by Gasteiger charge is 2.02. The number of carbonyl (C=O) groups excluding carboxylic acids is 1. The molecule has 0 bridgehead atoms. The highest BCUT2D eigenvalue weighted by molar-refractivity contribution is 6.02. The van der Waals surface area contributed by atoms with Crippen LogP contribution >= 0.6 is 0 Å². The van der Waals surface area contributed by atoms with Gasteiger partial charge in [-0.1, -0.05) is 36.4 Å². The Labute approximate surface area is 123 Å². The zero-order valence-electron chi connectivity index (χ0n) is 11.6. The fraction of sp³-hybridized carbons (Fsp3) is 0.0556. The first-order valence-electron chi connectivity index (χ1n) is 6.62. The van der Waals surface area contributed by atoms with Crippen molar-refractivity contribution < 1.29 is 9.18 Å². The minimum Gasteiger partial charge on any atom is -0.322 e. The van der Waals surface area contributed by atoms with Crippen LogP contribution in [0.15, 0.2) is 67.3 Å². The van der Waals surface area contributed by atoms with Gasteiger partial charge in [0.2, 0.25) is 5.91 Å². The van der Waals surface area contributed by atoms with Crippen LogP contribution in [0.3, 0.4) is 0 Å². The van der Waals surface area contributed by atoms with Crippen molar-refractivity contribution in [2.45, 2.75) is 6.42 Å². The van der Waals surface area contributed by atoms with Crippen molar-refractivity contribution in [3.05, 3.63) is 84.2 Å². The molecule has 0 saturated heterocycles. The number of para-hydroxylation sites is 1. The van der Waals surface area contributed by atoms with Crippen LogP contribution in [0.4, 0.5) is 10.1 Å². The second-order valence-electron chi connectivity index (χ2n) is 4.52. The maximum atomic E-state index is 12.8. The first-order chi connectivity index (χ1) is 10.2. The lowest BCUT2D eigenvalue weighted by atomic mass is 10.1. The van der Waals surface area contributed by atoms with Gasteiger partial charge in [-0.05, 0) is 41.8 Å². The van der Waals surface area contributed by atoms with Gasteiger partial charge in [-0.2, -0.15) is 0 Å². The SMILES string of the molecule is C=CCc1ccccc1NC(=O)/C=C/c1ccc(F)cc1. The van der Waals surface area contributed by atoms with Gasteiger partial charge in [0.05, 0.1) is 0 Å². The lowest BCUT2D eigenvalue weighted by Gasteiger charge is -2.07. The van der Waals surface area contributed by atoms with E-state index in [1.54, 1.807) is 24.3 Å². The predicted octanol–water partition coefficient (Wildman–Crippen LogP) is 4.21. The van der Waals surface area contributed by atoms with Crippen molar-refractivity contribution in [2.75, 3.05) is 5.32 Å². The molecule has 1 N–H and O–H groups in total. The smallest absolute Gasteiger partial charge is 0.248 e. The molecule has 0 aliphatic heterocycles. The lowest BCUT2D eigenvalue weighted by molar-refractivity contribution is -0.111. The third-order valence-electron chi connectivity index (χ3n) is 2.94. The van der Waals surface area contributed by atoms with Gasteiger partial charge in [0.1, 0.15) is 5.82 Å². The molecular formula is C18H16FNO. The molecule has 21 heavy (non-hydrogen) atoms. The topological polar surface area (TPSA) is 29.1 Å². The van der Waals surface area contributed by atoms with E-state index in [2.05, 4.69) is 11.9 Å². The Morgan fingerprint density at radius 3 is 2.57 bits per heavy atom. The van der Waals surface area contributed by atoms with Gasteiger partial charge < -0.3 is 5.32 Å². The molecule has 0 aliphatic carbocycles. The van der Waals surface area contributed by atoms with E-state index in [1.165, 1.54) is 18.2 Å². The van der Waals surface area contributed by atoms with Crippen molar-refractivity contribution in [1.82, 2.24) is 0 Å². The normalized spacial score (nSPS) is 10.5. The Hall–Kier alpha value is -2.68. The van der Waals surface area contributed by atoms with Gasteiger partial charge >= 0.3 is 0 Å². The molecule has 0 aromatic heterocycles. The minimum absolute atomic E-state index is 0.226. The summed E-state index contributed by atoms with van der Waals surface area (Å²) in [6.07, 6.45) is 5.56. The molecule has 106 valence electrons. The maximum absolute atomic E-state index is 12.8. The average molecular weight is 281 g/mol. The van der Waals surface area contributed by atoms with Crippen LogP contribution in [-0.2, 0) is 11.2 Å². The highest BCUT2D eigenvalue weighted by atomic mass is 19.1. The van der Waals surface area contributed by atoms with Crippen LogP contribution in [0.1, 0.15) is 11.1 Å². The monoisotopic (exact) mass is 281 g/mol. The zero-order valence-corrected chi connectivity index (χ0v) is 11.6. The molecule has 0 saturated carbocycles. The number of anilines is 1. The summed E-state index contributed by atoms with van der Waals surface area (Å²) in [7, 11) is 0. The van der Waals surface area contributed by atoms with E-state index >= 15 is 0 Å². The van der Waals surface area contributed by atoms with E-state index in [0.29, 0.717) is 6.42 Å². The van der Waals surface area contributed by atoms with E-state index in [-0.39, 0.29) is 11.7 Å². The quantitative estimate of drug-likeness (QED) is 0.645. The summed E-state index contributed by atoms with van der Waals surface area (Å²) in [4.78, 5) is 11.9. The number of carbonyl (C=O) groups is 1. The molecule has 0 heterocycles. The molecule has 1 amide bonds. The molecule has 0 atom stereocenters. The average Bonchev–Trinajstić information content (AvgIpc) is 2.49. The van der Waals surface area contributed by atoms with E-state index in [0.717, 1.165) is 16.8 Å². The van der Waals surface area contributed by atoms with Gasteiger partial charge in [0.15, 0.2) is 0 Å². The van der Waals surface area contributed by atoms with Crippen LogP contribution < -0.4 is 5.32 Å². The van der Waals surface area contributed by atoms with Gasteiger partial charge in [-0.15, -0.1) is 6.58 Å². The molecule has 3 heteroatoms. The second-order valence-corrected chi connectivity index (χ2v) is 4.52. The Morgan fingerprint density at radius 1 is 1.14 bits per heavy atom. The first kappa shape index (κ1) is 14.7. The molecule has 2 rings (SSSR count). The number of nitrogens with one attached hydrogen (secondary N) is 1. The summed E-state index contributed by atoms with van der Waals surface area (Å²) in [5.41, 5.74) is 2.55. The number of halogens is 1. The lowest BCUT2D eigenvalue weighted by Crippen LogP contribution is -2.09. The van der Waals surface area contributed by atoms with Crippen LogP contribution in [0.2, 0.25) is 0 Å². The molecule has 2 aromatic rings. The molecule has 0 radical (unpaired) electrons. The third kappa shape index (κ3) is 4.42. The predicted molar refractivity (Wildman–Crippen MR) is 84.4 cm³/mol. The summed E-state index contributed by atoms with van der Waals surface area (Å²) >= 11 is 0. The fourth-order valence-corrected chi connectivity index (χ4v) is 1.90. The zero-order chi connectivity index (χ0) is 15.1. The van der Waals surface area contributed by atoms with Gasteiger partial charge in [-0.3, -0.25) is 4.79 Å². The minimum atomic E-state index is -0.296. The molecule has 0 aliphatic rings. The number of rotatable bonds is 5. The first-order valence-corrected chi connectivity index (χ1v) is 6.62. The van der Waals surface area contributed by atoms with Gasteiger partial charge in [0.25, 0.3) is 0 Å². The highest BCUT2D eigenvalue weighted by Crippen LogP contribution is 2.16. The van der Waals surface area contributed by atoms with Crippen LogP contribution in [0, 0.1) is 5.82 Å². The molecule has 0 fully saturated rings. The number of hydrogen-bond acceptors (Lipinski definition) is 1. The third-order valence-corrected chi connectivity index (χ3v) is 2.94. The van der Waals surface area contributed by atoms with Gasteiger partial charge in [-0.25, -0.2) is 4.39 Å². The number of allylic oxidation sites excluding steroid dienone is 1. The summed E-state index contributed by atoms with van der Waals surface area (Å²) < 4.78 is 12.8. The van der Waals surface area contributed by atoms with Crippen LogP contribution in [0.25, 0.3) is 6.08 Å². The van der Waals surface area contributed by atoms with Crippen molar-refractivity contribution in [3.63, 3.8) is 0 Å². The molecule has 0 unspecified atom stereocenters. The van der Waals surface area contributed by atoms with Crippen molar-refractivity contribution >= 4 is 17.7 Å². The Balaban J connectivity index is 2.04. The van der Waals surface area contributed by atoms with Gasteiger partial charge in [0, 0.05) is 11.8 Å². The van der Waals surface area contributed by atoms with E-state index in [9.17, 15) is 9.18 Å². The maximum Gasteiger partial charge on any atom is 0.248 e. The number of amides is 1. The Bertz CT molecular complexity index is 659. The van der Waals surface area contributed by atoms with Crippen molar-refractivity contribution in [2.24, 2.45) is 0 Å². The van der Waals surface area contributed by atoms with Crippen molar-refractivity contribution in [1.29, 1.82) is 0 Å². The van der Waals surface area contributed by atoms with E-state index < -0.39 is 0 Å². The Kier molecular flexibility index (Phi) is 5.04. The summed E-state index contributed by atoms with van der Waals surface area (Å²) in [5.74, 6) is -0.522. The molecule has 2 aromatic carbocycles. The van der Waals surface area contributed by atoms with Crippen LogP contribution in [0.5, 0.6) is 0 Å². The standard InChI is InChI=1S/C18H16FNO/c1-2-5-15-6-3-4-7-17(15)20-18(21)13-10-14-8-11-16(19)12-9-14/h2-4,6-13H,1,5H2,(H,20,21)/b13-10+. The number of hydrogen-bond donors (Lipinski definition) is 1. The van der Waals surface area contributed by atoms with Crippen molar-refractivity contribution in [3.8, 4) is 0 Å². The molecule has 0 spiro atoms. The van der Waals surface area contributed by atoms with E-state index in [4.69, 9.17) is 0 Å².